The topological polar surface area (TPSA) is 50.8 Å². The zero-order valence-electron chi connectivity index (χ0n) is 17.3. The summed E-state index contributed by atoms with van der Waals surface area (Å²) in [6, 6.07) is 11.8. The summed E-state index contributed by atoms with van der Waals surface area (Å²) in [5.74, 6) is 0.798. The molecule has 156 valence electrons. The molecule has 0 unspecified atom stereocenters. The fourth-order valence-electron chi connectivity index (χ4n) is 2.54. The highest BCUT2D eigenvalue weighted by Crippen LogP contribution is 2.33. The lowest BCUT2D eigenvalue weighted by Crippen LogP contribution is -2.27. The fourth-order valence-corrected chi connectivity index (χ4v) is 2.54. The number of rotatable bonds is 6. The lowest BCUT2D eigenvalue weighted by Gasteiger charge is -2.21. The number of carbonyl (C=O) groups is 1. The molecule has 0 radical (unpaired) electrons. The number of para-hydroxylation sites is 2. The van der Waals surface area contributed by atoms with Crippen LogP contribution >= 0.6 is 0 Å². The van der Waals surface area contributed by atoms with Gasteiger partial charge in [-0.15, -0.1) is 0 Å². The molecule has 0 heterocycles. The molecule has 0 aromatic heterocycles. The average molecular weight is 404 g/mol. The van der Waals surface area contributed by atoms with Crippen molar-refractivity contribution in [2.75, 3.05) is 19.4 Å². The first kappa shape index (κ1) is 22.4. The van der Waals surface area contributed by atoms with Crippen molar-refractivity contribution < 1.29 is 23.0 Å². The molecule has 2 aromatic rings. The first-order chi connectivity index (χ1) is 13.5. The maximum absolute atomic E-state index is 12.7. The van der Waals surface area contributed by atoms with Crippen LogP contribution in [0.1, 0.15) is 31.9 Å². The third-order valence-electron chi connectivity index (χ3n) is 3.60. The lowest BCUT2D eigenvalue weighted by molar-refractivity contribution is 0.0635. The summed E-state index contributed by atoms with van der Waals surface area (Å²) < 4.78 is 36.7. The van der Waals surface area contributed by atoms with E-state index >= 15 is 0 Å². The van der Waals surface area contributed by atoms with Gasteiger partial charge in [-0.3, -0.25) is 5.32 Å². The Morgan fingerprint density at radius 1 is 1.10 bits per heavy atom. The third-order valence-corrected chi connectivity index (χ3v) is 3.60. The van der Waals surface area contributed by atoms with E-state index in [2.05, 4.69) is 5.32 Å². The van der Waals surface area contributed by atoms with Gasteiger partial charge in [0.1, 0.15) is 11.4 Å². The Labute approximate surface area is 169 Å². The second-order valence-electron chi connectivity index (χ2n) is 7.76. The molecule has 0 aliphatic heterocycles. The van der Waals surface area contributed by atoms with E-state index in [-0.39, 0.29) is 0 Å². The number of hydrogen-bond donors (Lipinski definition) is 1. The molecule has 0 aliphatic carbocycles. The standard InChI is InChI=1S/C22H26F2N2O3/c1-22(2,3)29-21(27)25-17-8-6-7-9-18(17)28-19-12-15(13-20(23)24)10-11-16(19)14-26(4)5/h6-13H,14H2,1-5H3,(H,25,27). The minimum Gasteiger partial charge on any atom is -0.455 e. The molecule has 2 aromatic carbocycles. The van der Waals surface area contributed by atoms with Crippen LogP contribution in [0.3, 0.4) is 0 Å². The number of nitrogens with one attached hydrogen (secondary N) is 1. The Kier molecular flexibility index (Phi) is 7.34. The molecule has 29 heavy (non-hydrogen) atoms. The number of hydrogen-bond acceptors (Lipinski definition) is 4. The second kappa shape index (κ2) is 9.52. The third kappa shape index (κ3) is 7.54. The van der Waals surface area contributed by atoms with Crippen molar-refractivity contribution in [3.8, 4) is 11.5 Å². The van der Waals surface area contributed by atoms with Gasteiger partial charge in [-0.05, 0) is 58.6 Å². The Balaban J connectivity index is 2.35. The van der Waals surface area contributed by atoms with Gasteiger partial charge in [0.25, 0.3) is 6.08 Å². The lowest BCUT2D eigenvalue weighted by atomic mass is 10.1. The summed E-state index contributed by atoms with van der Waals surface area (Å²) in [4.78, 5) is 14.1. The summed E-state index contributed by atoms with van der Waals surface area (Å²) in [6.07, 6.45) is -1.63. The minimum absolute atomic E-state index is 0.320. The number of benzene rings is 2. The van der Waals surface area contributed by atoms with E-state index in [1.807, 2.05) is 19.0 Å². The highest BCUT2D eigenvalue weighted by atomic mass is 19.3. The van der Waals surface area contributed by atoms with Crippen LogP contribution in [-0.2, 0) is 11.3 Å². The molecule has 0 fully saturated rings. The van der Waals surface area contributed by atoms with Crippen molar-refractivity contribution in [1.29, 1.82) is 0 Å². The van der Waals surface area contributed by atoms with Crippen molar-refractivity contribution in [2.45, 2.75) is 32.9 Å². The molecule has 1 N–H and O–H groups in total. The van der Waals surface area contributed by atoms with E-state index in [1.54, 1.807) is 63.2 Å². The molecule has 0 saturated carbocycles. The van der Waals surface area contributed by atoms with E-state index in [0.717, 1.165) is 11.6 Å². The van der Waals surface area contributed by atoms with E-state index < -0.39 is 17.8 Å². The Morgan fingerprint density at radius 3 is 2.41 bits per heavy atom. The highest BCUT2D eigenvalue weighted by molar-refractivity contribution is 5.87. The predicted molar refractivity (Wildman–Crippen MR) is 110 cm³/mol. The molecule has 7 heteroatoms. The Hall–Kier alpha value is -2.93. The molecule has 0 aliphatic rings. The first-order valence-corrected chi connectivity index (χ1v) is 9.11. The normalized spacial score (nSPS) is 11.2. The molecule has 0 saturated heterocycles. The quantitative estimate of drug-likeness (QED) is 0.630. The van der Waals surface area contributed by atoms with Crippen LogP contribution in [0.15, 0.2) is 48.5 Å². The fraction of sp³-hybridized carbons (Fsp3) is 0.318. The van der Waals surface area contributed by atoms with Gasteiger partial charge in [-0.25, -0.2) is 4.79 Å². The molecule has 0 atom stereocenters. The number of halogens is 2. The van der Waals surface area contributed by atoms with Crippen molar-refractivity contribution in [2.24, 2.45) is 0 Å². The van der Waals surface area contributed by atoms with Gasteiger partial charge >= 0.3 is 6.09 Å². The highest BCUT2D eigenvalue weighted by Gasteiger charge is 2.18. The average Bonchev–Trinajstić information content (AvgIpc) is 2.56. The van der Waals surface area contributed by atoms with Gasteiger partial charge in [-0.2, -0.15) is 8.78 Å². The van der Waals surface area contributed by atoms with Gasteiger partial charge < -0.3 is 14.4 Å². The monoisotopic (exact) mass is 404 g/mol. The van der Waals surface area contributed by atoms with Crippen LogP contribution in [0.25, 0.3) is 6.08 Å². The summed E-state index contributed by atoms with van der Waals surface area (Å²) in [6.45, 7) is 5.86. The zero-order valence-corrected chi connectivity index (χ0v) is 17.3. The van der Waals surface area contributed by atoms with Crippen LogP contribution in [0.4, 0.5) is 19.3 Å². The van der Waals surface area contributed by atoms with E-state index in [1.165, 1.54) is 0 Å². The van der Waals surface area contributed by atoms with Crippen LogP contribution < -0.4 is 10.1 Å². The Morgan fingerprint density at radius 2 is 1.79 bits per heavy atom. The summed E-state index contributed by atoms with van der Waals surface area (Å²) in [5, 5.41) is 2.67. The smallest absolute Gasteiger partial charge is 0.412 e. The molecule has 2 rings (SSSR count). The van der Waals surface area contributed by atoms with Crippen LogP contribution in [0.2, 0.25) is 0 Å². The van der Waals surface area contributed by atoms with E-state index in [0.29, 0.717) is 29.3 Å². The van der Waals surface area contributed by atoms with Crippen molar-refractivity contribution in [1.82, 2.24) is 4.90 Å². The molecule has 0 bridgehead atoms. The molecule has 0 spiro atoms. The molecular weight excluding hydrogens is 378 g/mol. The maximum Gasteiger partial charge on any atom is 0.412 e. The van der Waals surface area contributed by atoms with Crippen molar-refractivity contribution in [3.63, 3.8) is 0 Å². The summed E-state index contributed by atoms with van der Waals surface area (Å²) in [7, 11) is 3.80. The first-order valence-electron chi connectivity index (χ1n) is 9.11. The number of nitrogens with zero attached hydrogens (tertiary/aromatic N) is 1. The van der Waals surface area contributed by atoms with Gasteiger partial charge in [0.05, 0.1) is 5.69 Å². The molecule has 5 nitrogen and oxygen atoms in total. The van der Waals surface area contributed by atoms with Crippen LogP contribution in [-0.4, -0.2) is 30.7 Å². The van der Waals surface area contributed by atoms with Crippen LogP contribution in [0.5, 0.6) is 11.5 Å². The van der Waals surface area contributed by atoms with Crippen molar-refractivity contribution >= 4 is 17.9 Å². The van der Waals surface area contributed by atoms with Gasteiger partial charge in [-0.1, -0.05) is 24.3 Å². The van der Waals surface area contributed by atoms with Gasteiger partial charge in [0.15, 0.2) is 5.75 Å². The maximum atomic E-state index is 12.7. The van der Waals surface area contributed by atoms with Gasteiger partial charge in [0.2, 0.25) is 0 Å². The number of ether oxygens (including phenoxy) is 2. The summed E-state index contributed by atoms with van der Waals surface area (Å²) in [5.41, 5.74) is 0.907. The number of anilines is 1. The number of carbonyl (C=O) groups excluding carboxylic acids is 1. The largest absolute Gasteiger partial charge is 0.455 e. The van der Waals surface area contributed by atoms with Crippen LogP contribution in [0, 0.1) is 0 Å². The predicted octanol–water partition coefficient (Wildman–Crippen LogP) is 6.12. The zero-order chi connectivity index (χ0) is 21.6. The molecular formula is C22H26F2N2O3. The van der Waals surface area contributed by atoms with Crippen molar-refractivity contribution in [3.05, 3.63) is 59.7 Å². The minimum atomic E-state index is -1.79. The van der Waals surface area contributed by atoms with E-state index in [4.69, 9.17) is 9.47 Å². The Bertz CT molecular complexity index is 886. The van der Waals surface area contributed by atoms with E-state index in [9.17, 15) is 13.6 Å². The van der Waals surface area contributed by atoms with Gasteiger partial charge in [0, 0.05) is 18.2 Å². The second-order valence-corrected chi connectivity index (χ2v) is 7.76. The SMILES string of the molecule is CN(C)Cc1ccc(C=C(F)F)cc1Oc1ccccc1NC(=O)OC(C)(C)C. The molecule has 1 amide bonds. The summed E-state index contributed by atoms with van der Waals surface area (Å²) >= 11 is 0. The number of amides is 1.